The van der Waals surface area contributed by atoms with Crippen LogP contribution in [0.3, 0.4) is 0 Å². The molecule has 0 fully saturated rings. The molecule has 0 aliphatic heterocycles. The average Bonchev–Trinajstić information content (AvgIpc) is 3.13. The van der Waals surface area contributed by atoms with Crippen molar-refractivity contribution >= 4 is 34.6 Å². The Bertz CT molecular complexity index is 893. The van der Waals surface area contributed by atoms with E-state index < -0.39 is 0 Å². The molecule has 2 aromatic carbocycles. The van der Waals surface area contributed by atoms with Crippen molar-refractivity contribution in [1.29, 1.82) is 0 Å². The third-order valence-corrected chi connectivity index (χ3v) is 4.25. The van der Waals surface area contributed by atoms with E-state index in [1.807, 2.05) is 30.3 Å². The van der Waals surface area contributed by atoms with Crippen LogP contribution in [0.2, 0.25) is 0 Å². The molecule has 0 spiro atoms. The SMILES string of the molecule is CNC(=O)Nc1cccc(NC(=O)c2csc(-c3ccccc3)n2)c1. The van der Waals surface area contributed by atoms with Gasteiger partial charge in [0.05, 0.1) is 0 Å². The summed E-state index contributed by atoms with van der Waals surface area (Å²) in [6.07, 6.45) is 0. The molecular weight excluding hydrogens is 336 g/mol. The Hall–Kier alpha value is -3.19. The fourth-order valence-electron chi connectivity index (χ4n) is 2.15. The topological polar surface area (TPSA) is 83.1 Å². The normalized spacial score (nSPS) is 10.1. The minimum absolute atomic E-state index is 0.296. The van der Waals surface area contributed by atoms with Crippen LogP contribution in [0, 0.1) is 0 Å². The van der Waals surface area contributed by atoms with Crippen LogP contribution in [0.15, 0.2) is 60.0 Å². The number of nitrogens with one attached hydrogen (secondary N) is 3. The molecule has 25 heavy (non-hydrogen) atoms. The van der Waals surface area contributed by atoms with Crippen LogP contribution in [0.25, 0.3) is 10.6 Å². The van der Waals surface area contributed by atoms with E-state index in [-0.39, 0.29) is 11.9 Å². The van der Waals surface area contributed by atoms with Crippen LogP contribution < -0.4 is 16.0 Å². The van der Waals surface area contributed by atoms with Crippen molar-refractivity contribution in [2.75, 3.05) is 17.7 Å². The maximum atomic E-state index is 12.4. The molecule has 1 aromatic heterocycles. The number of thiazole rings is 1. The van der Waals surface area contributed by atoms with E-state index in [1.54, 1.807) is 29.6 Å². The second kappa shape index (κ2) is 7.59. The fourth-order valence-corrected chi connectivity index (χ4v) is 2.96. The predicted molar refractivity (Wildman–Crippen MR) is 100 cm³/mol. The molecule has 0 saturated heterocycles. The summed E-state index contributed by atoms with van der Waals surface area (Å²) in [4.78, 5) is 28.1. The highest BCUT2D eigenvalue weighted by atomic mass is 32.1. The minimum atomic E-state index is -0.324. The Kier molecular flexibility index (Phi) is 5.06. The Morgan fingerprint density at radius 3 is 2.40 bits per heavy atom. The van der Waals surface area contributed by atoms with Gasteiger partial charge in [0.15, 0.2) is 0 Å². The lowest BCUT2D eigenvalue weighted by Gasteiger charge is -2.07. The summed E-state index contributed by atoms with van der Waals surface area (Å²) in [5, 5.41) is 10.4. The highest BCUT2D eigenvalue weighted by molar-refractivity contribution is 7.13. The smallest absolute Gasteiger partial charge is 0.318 e. The first kappa shape index (κ1) is 16.7. The molecule has 0 unspecified atom stereocenters. The van der Waals surface area contributed by atoms with E-state index in [4.69, 9.17) is 0 Å². The van der Waals surface area contributed by atoms with Crippen molar-refractivity contribution in [2.45, 2.75) is 0 Å². The zero-order valence-electron chi connectivity index (χ0n) is 13.4. The molecule has 126 valence electrons. The van der Waals surface area contributed by atoms with Crippen molar-refractivity contribution in [3.8, 4) is 10.6 Å². The number of carbonyl (C=O) groups is 2. The summed E-state index contributed by atoms with van der Waals surface area (Å²) >= 11 is 1.42. The van der Waals surface area contributed by atoms with E-state index in [0.717, 1.165) is 10.6 Å². The standard InChI is InChI=1S/C18H16N4O2S/c1-19-18(24)21-14-9-5-8-13(10-14)20-16(23)15-11-25-17(22-15)12-6-3-2-4-7-12/h2-11H,1H3,(H,20,23)(H2,19,21,24). The first-order chi connectivity index (χ1) is 12.2. The third-order valence-electron chi connectivity index (χ3n) is 3.36. The lowest BCUT2D eigenvalue weighted by Crippen LogP contribution is -2.24. The Morgan fingerprint density at radius 1 is 0.960 bits per heavy atom. The number of hydrogen-bond donors (Lipinski definition) is 3. The van der Waals surface area contributed by atoms with Gasteiger partial charge < -0.3 is 16.0 Å². The highest BCUT2D eigenvalue weighted by Gasteiger charge is 2.12. The van der Waals surface area contributed by atoms with Crippen LogP contribution in [0.5, 0.6) is 0 Å². The third kappa shape index (κ3) is 4.21. The van der Waals surface area contributed by atoms with Gasteiger partial charge in [-0.25, -0.2) is 9.78 Å². The van der Waals surface area contributed by atoms with Crippen molar-refractivity contribution < 1.29 is 9.59 Å². The summed E-state index contributed by atoms with van der Waals surface area (Å²) in [6.45, 7) is 0. The number of carbonyl (C=O) groups excluding carboxylic acids is 2. The summed E-state index contributed by atoms with van der Waals surface area (Å²) in [6, 6.07) is 16.3. The van der Waals surface area contributed by atoms with Gasteiger partial charge in [-0.15, -0.1) is 11.3 Å². The maximum Gasteiger partial charge on any atom is 0.318 e. The number of benzene rings is 2. The monoisotopic (exact) mass is 352 g/mol. The Labute approximate surface area is 148 Å². The molecule has 0 radical (unpaired) electrons. The van der Waals surface area contributed by atoms with E-state index >= 15 is 0 Å². The summed E-state index contributed by atoms with van der Waals surface area (Å²) in [5.41, 5.74) is 2.49. The average molecular weight is 352 g/mol. The van der Waals surface area contributed by atoms with Crippen molar-refractivity contribution in [3.05, 3.63) is 65.7 Å². The molecule has 1 heterocycles. The second-order valence-electron chi connectivity index (χ2n) is 5.14. The molecule has 6 nitrogen and oxygen atoms in total. The highest BCUT2D eigenvalue weighted by Crippen LogP contribution is 2.24. The number of hydrogen-bond acceptors (Lipinski definition) is 4. The molecule has 3 N–H and O–H groups in total. The molecule has 7 heteroatoms. The second-order valence-corrected chi connectivity index (χ2v) is 6.00. The van der Waals surface area contributed by atoms with Gasteiger partial charge in [-0.3, -0.25) is 4.79 Å². The van der Waals surface area contributed by atoms with Crippen LogP contribution in [-0.2, 0) is 0 Å². The number of urea groups is 1. The van der Waals surface area contributed by atoms with Gasteiger partial charge in [0.25, 0.3) is 5.91 Å². The van der Waals surface area contributed by atoms with Crippen LogP contribution in [0.1, 0.15) is 10.5 Å². The molecule has 3 amide bonds. The van der Waals surface area contributed by atoms with Gasteiger partial charge in [-0.1, -0.05) is 36.4 Å². The fraction of sp³-hybridized carbons (Fsp3) is 0.0556. The minimum Gasteiger partial charge on any atom is -0.341 e. The Morgan fingerprint density at radius 2 is 1.68 bits per heavy atom. The molecule has 0 aliphatic carbocycles. The zero-order valence-corrected chi connectivity index (χ0v) is 14.3. The number of amides is 3. The number of rotatable bonds is 4. The predicted octanol–water partition coefficient (Wildman–Crippen LogP) is 3.81. The number of anilines is 2. The lowest BCUT2D eigenvalue weighted by molar-refractivity contribution is 0.102. The largest absolute Gasteiger partial charge is 0.341 e. The van der Waals surface area contributed by atoms with E-state index in [0.29, 0.717) is 17.1 Å². The van der Waals surface area contributed by atoms with Crippen molar-refractivity contribution in [3.63, 3.8) is 0 Å². The first-order valence-electron chi connectivity index (χ1n) is 7.57. The van der Waals surface area contributed by atoms with Crippen LogP contribution in [-0.4, -0.2) is 24.0 Å². The quantitative estimate of drug-likeness (QED) is 0.667. The molecule has 3 rings (SSSR count). The Balaban J connectivity index is 1.71. The van der Waals surface area contributed by atoms with Gasteiger partial charge in [0, 0.05) is 29.4 Å². The molecule has 0 bridgehead atoms. The lowest BCUT2D eigenvalue weighted by atomic mass is 10.2. The van der Waals surface area contributed by atoms with Crippen molar-refractivity contribution in [2.24, 2.45) is 0 Å². The molecular formula is C18H16N4O2S. The van der Waals surface area contributed by atoms with E-state index in [1.165, 1.54) is 18.4 Å². The summed E-state index contributed by atoms with van der Waals surface area (Å²) < 4.78 is 0. The van der Waals surface area contributed by atoms with Gasteiger partial charge >= 0.3 is 6.03 Å². The maximum absolute atomic E-state index is 12.4. The summed E-state index contributed by atoms with van der Waals surface area (Å²) in [7, 11) is 1.54. The molecule has 0 atom stereocenters. The van der Waals surface area contributed by atoms with E-state index in [2.05, 4.69) is 20.9 Å². The summed E-state index contributed by atoms with van der Waals surface area (Å²) in [5.74, 6) is -0.296. The van der Waals surface area contributed by atoms with Crippen molar-refractivity contribution in [1.82, 2.24) is 10.3 Å². The van der Waals surface area contributed by atoms with Crippen LogP contribution >= 0.6 is 11.3 Å². The zero-order chi connectivity index (χ0) is 17.6. The van der Waals surface area contributed by atoms with Gasteiger partial charge in [0.1, 0.15) is 10.7 Å². The van der Waals surface area contributed by atoms with Gasteiger partial charge in [0.2, 0.25) is 0 Å². The van der Waals surface area contributed by atoms with Gasteiger partial charge in [-0.2, -0.15) is 0 Å². The number of aromatic nitrogens is 1. The molecule has 3 aromatic rings. The number of nitrogens with zero attached hydrogens (tertiary/aromatic N) is 1. The van der Waals surface area contributed by atoms with E-state index in [9.17, 15) is 9.59 Å². The first-order valence-corrected chi connectivity index (χ1v) is 8.45. The van der Waals surface area contributed by atoms with Gasteiger partial charge in [-0.05, 0) is 18.2 Å². The molecule has 0 aliphatic rings. The molecule has 0 saturated carbocycles. The van der Waals surface area contributed by atoms with Crippen LogP contribution in [0.4, 0.5) is 16.2 Å².